The standard InChI is InChI=1S/C18H25N5O.CH2O2/c1-14-20-18(23(21-14)17-6-2-3-9-19-17)15-5-4-10-22(13-15)16-7-11-24-12-8-16;2-1-3/h2-3,6,9,15-16H,4-5,7-8,10-13H2,1H3;1H,(H,2,3). The lowest BCUT2D eigenvalue weighted by atomic mass is 9.94. The molecule has 2 aliphatic rings. The lowest BCUT2D eigenvalue weighted by molar-refractivity contribution is -0.122. The van der Waals surface area contributed by atoms with Gasteiger partial charge >= 0.3 is 0 Å². The first-order chi connectivity index (χ1) is 13.2. The molecule has 1 N–H and O–H groups in total. The molecule has 8 nitrogen and oxygen atoms in total. The van der Waals surface area contributed by atoms with Crippen LogP contribution in [0.15, 0.2) is 24.4 Å². The molecule has 4 heterocycles. The Morgan fingerprint density at radius 3 is 2.74 bits per heavy atom. The van der Waals surface area contributed by atoms with Crippen molar-refractivity contribution in [1.82, 2.24) is 24.6 Å². The van der Waals surface area contributed by atoms with Crippen LogP contribution in [0.1, 0.15) is 43.3 Å². The van der Waals surface area contributed by atoms with E-state index < -0.39 is 0 Å². The Kier molecular flexibility index (Phi) is 6.89. The third-order valence-corrected chi connectivity index (χ3v) is 5.13. The van der Waals surface area contributed by atoms with Gasteiger partial charge in [-0.3, -0.25) is 9.69 Å². The van der Waals surface area contributed by atoms with Crippen molar-refractivity contribution >= 4 is 6.47 Å². The molecular weight excluding hydrogens is 346 g/mol. The summed E-state index contributed by atoms with van der Waals surface area (Å²) in [5.74, 6) is 3.16. The van der Waals surface area contributed by atoms with Gasteiger partial charge in [0.05, 0.1) is 0 Å². The van der Waals surface area contributed by atoms with E-state index in [2.05, 4.69) is 15.0 Å². The fourth-order valence-corrected chi connectivity index (χ4v) is 3.94. The lowest BCUT2D eigenvalue weighted by Crippen LogP contribution is -2.45. The number of aryl methyl sites for hydroxylation is 1. The summed E-state index contributed by atoms with van der Waals surface area (Å²) in [7, 11) is 0. The number of carboxylic acid groups (broad SMARTS) is 1. The summed E-state index contributed by atoms with van der Waals surface area (Å²) in [4.78, 5) is 20.2. The van der Waals surface area contributed by atoms with Gasteiger partial charge in [-0.2, -0.15) is 4.68 Å². The lowest BCUT2D eigenvalue weighted by Gasteiger charge is -2.39. The highest BCUT2D eigenvalue weighted by atomic mass is 16.5. The molecule has 2 aromatic rings. The van der Waals surface area contributed by atoms with Gasteiger partial charge in [-0.25, -0.2) is 9.97 Å². The molecule has 0 bridgehead atoms. The molecule has 1 unspecified atom stereocenters. The van der Waals surface area contributed by atoms with Gasteiger partial charge in [-0.1, -0.05) is 6.07 Å². The first-order valence-corrected chi connectivity index (χ1v) is 9.47. The molecule has 146 valence electrons. The number of carbonyl (C=O) groups is 1. The zero-order valence-electron chi connectivity index (χ0n) is 15.7. The Hall–Kier alpha value is -2.32. The van der Waals surface area contributed by atoms with Gasteiger partial charge in [-0.05, 0) is 51.3 Å². The van der Waals surface area contributed by atoms with Crippen molar-refractivity contribution in [2.75, 3.05) is 26.3 Å². The molecule has 2 saturated heterocycles. The molecule has 1 atom stereocenters. The Bertz CT molecular complexity index is 715. The van der Waals surface area contributed by atoms with Crippen molar-refractivity contribution in [3.8, 4) is 5.82 Å². The number of ether oxygens (including phenoxy) is 1. The smallest absolute Gasteiger partial charge is 0.290 e. The van der Waals surface area contributed by atoms with E-state index in [1.165, 1.54) is 19.4 Å². The maximum Gasteiger partial charge on any atom is 0.290 e. The highest BCUT2D eigenvalue weighted by Gasteiger charge is 2.30. The highest BCUT2D eigenvalue weighted by Crippen LogP contribution is 2.30. The molecule has 2 aliphatic heterocycles. The molecule has 27 heavy (non-hydrogen) atoms. The summed E-state index contributed by atoms with van der Waals surface area (Å²) in [6.45, 7) is 5.76. The second-order valence-electron chi connectivity index (χ2n) is 6.90. The third-order valence-electron chi connectivity index (χ3n) is 5.13. The largest absolute Gasteiger partial charge is 0.483 e. The molecule has 8 heteroatoms. The van der Waals surface area contributed by atoms with Gasteiger partial charge < -0.3 is 9.84 Å². The second kappa shape index (κ2) is 9.57. The summed E-state index contributed by atoms with van der Waals surface area (Å²) in [6, 6.07) is 6.59. The van der Waals surface area contributed by atoms with Crippen LogP contribution in [0.3, 0.4) is 0 Å². The molecule has 2 fully saturated rings. The summed E-state index contributed by atoms with van der Waals surface area (Å²) in [5.41, 5.74) is 0. The quantitative estimate of drug-likeness (QED) is 0.823. The maximum absolute atomic E-state index is 8.36. The molecule has 0 aliphatic carbocycles. The second-order valence-corrected chi connectivity index (χ2v) is 6.90. The minimum atomic E-state index is -0.250. The van der Waals surface area contributed by atoms with Crippen molar-refractivity contribution < 1.29 is 14.6 Å². The van der Waals surface area contributed by atoms with Crippen LogP contribution in [0.25, 0.3) is 5.82 Å². The number of likely N-dealkylation sites (tertiary alicyclic amines) is 1. The van der Waals surface area contributed by atoms with Crippen molar-refractivity contribution in [3.05, 3.63) is 36.0 Å². The van der Waals surface area contributed by atoms with Crippen LogP contribution in [-0.2, 0) is 9.53 Å². The van der Waals surface area contributed by atoms with Gasteiger partial charge in [0.25, 0.3) is 6.47 Å². The predicted molar refractivity (Wildman–Crippen MR) is 100.0 cm³/mol. The Labute approximate surface area is 159 Å². The van der Waals surface area contributed by atoms with Crippen LogP contribution in [0, 0.1) is 6.92 Å². The first kappa shape index (κ1) is 19.4. The molecule has 4 rings (SSSR count). The van der Waals surface area contributed by atoms with Crippen molar-refractivity contribution in [3.63, 3.8) is 0 Å². The molecular formula is C19H27N5O3. The summed E-state index contributed by atoms with van der Waals surface area (Å²) in [6.07, 6.45) is 6.50. The Morgan fingerprint density at radius 2 is 2.04 bits per heavy atom. The fraction of sp³-hybridized carbons (Fsp3) is 0.579. The van der Waals surface area contributed by atoms with Gasteiger partial charge in [0.1, 0.15) is 11.6 Å². The zero-order chi connectivity index (χ0) is 19.1. The summed E-state index contributed by atoms with van der Waals surface area (Å²) in [5, 5.41) is 11.5. The van der Waals surface area contributed by atoms with E-state index in [0.29, 0.717) is 12.0 Å². The number of piperidine rings is 1. The number of pyridine rings is 1. The normalized spacial score (nSPS) is 21.3. The number of aromatic nitrogens is 4. The summed E-state index contributed by atoms with van der Waals surface area (Å²) >= 11 is 0. The predicted octanol–water partition coefficient (Wildman–Crippen LogP) is 2.03. The first-order valence-electron chi connectivity index (χ1n) is 9.47. The van der Waals surface area contributed by atoms with E-state index in [9.17, 15) is 0 Å². The van der Waals surface area contributed by atoms with Crippen LogP contribution < -0.4 is 0 Å². The average molecular weight is 373 g/mol. The van der Waals surface area contributed by atoms with Gasteiger partial charge in [0, 0.05) is 37.9 Å². The Morgan fingerprint density at radius 1 is 1.26 bits per heavy atom. The van der Waals surface area contributed by atoms with E-state index in [4.69, 9.17) is 19.6 Å². The van der Waals surface area contributed by atoms with Crippen LogP contribution in [0.4, 0.5) is 0 Å². The van der Waals surface area contributed by atoms with Crippen molar-refractivity contribution in [2.45, 2.75) is 44.6 Å². The van der Waals surface area contributed by atoms with E-state index in [1.807, 2.05) is 36.0 Å². The molecule has 2 aromatic heterocycles. The van der Waals surface area contributed by atoms with Gasteiger partial charge in [0.2, 0.25) is 0 Å². The topological polar surface area (TPSA) is 93.4 Å². The van der Waals surface area contributed by atoms with E-state index in [-0.39, 0.29) is 6.47 Å². The molecule has 0 saturated carbocycles. The van der Waals surface area contributed by atoms with Crippen LogP contribution in [0.5, 0.6) is 0 Å². The number of hydrogen-bond donors (Lipinski definition) is 1. The Balaban J connectivity index is 0.000000659. The highest BCUT2D eigenvalue weighted by molar-refractivity contribution is 5.32. The van der Waals surface area contributed by atoms with E-state index in [1.54, 1.807) is 0 Å². The number of nitrogens with zero attached hydrogens (tertiary/aromatic N) is 5. The van der Waals surface area contributed by atoms with Crippen LogP contribution in [-0.4, -0.2) is 68.6 Å². The molecule has 0 amide bonds. The van der Waals surface area contributed by atoms with E-state index >= 15 is 0 Å². The van der Waals surface area contributed by atoms with E-state index in [0.717, 1.165) is 50.1 Å². The average Bonchev–Trinajstić information content (AvgIpc) is 3.12. The monoisotopic (exact) mass is 373 g/mol. The van der Waals surface area contributed by atoms with Crippen LogP contribution >= 0.6 is 0 Å². The maximum atomic E-state index is 8.36. The summed E-state index contributed by atoms with van der Waals surface area (Å²) < 4.78 is 7.46. The fourth-order valence-electron chi connectivity index (χ4n) is 3.94. The number of hydrogen-bond acceptors (Lipinski definition) is 6. The van der Waals surface area contributed by atoms with Gasteiger partial charge in [0.15, 0.2) is 5.82 Å². The van der Waals surface area contributed by atoms with Crippen LogP contribution in [0.2, 0.25) is 0 Å². The van der Waals surface area contributed by atoms with Crippen molar-refractivity contribution in [2.24, 2.45) is 0 Å². The molecule has 0 radical (unpaired) electrons. The van der Waals surface area contributed by atoms with Crippen molar-refractivity contribution in [1.29, 1.82) is 0 Å². The third kappa shape index (κ3) is 4.90. The minimum absolute atomic E-state index is 0.250. The van der Waals surface area contributed by atoms with Gasteiger partial charge in [-0.15, -0.1) is 5.10 Å². The minimum Gasteiger partial charge on any atom is -0.483 e. The molecule has 0 spiro atoms. The molecule has 0 aromatic carbocycles. The number of rotatable bonds is 3. The SMILES string of the molecule is Cc1nc(C2CCCN(C3CCOCC3)C2)n(-c2ccccn2)n1.O=CO. The zero-order valence-corrected chi connectivity index (χ0v) is 15.7.